The average molecular weight is 463 g/mol. The van der Waals surface area contributed by atoms with Crippen LogP contribution in [-0.4, -0.2) is 84.4 Å². The van der Waals surface area contributed by atoms with Gasteiger partial charge >= 0.3 is 12.1 Å². The molecule has 6 atom stereocenters. The van der Waals surface area contributed by atoms with Crippen molar-refractivity contribution in [2.24, 2.45) is 23.2 Å². The number of amides is 4. The third-order valence-corrected chi connectivity index (χ3v) is 9.01. The van der Waals surface area contributed by atoms with Crippen LogP contribution in [0.15, 0.2) is 0 Å². The lowest BCUT2D eigenvalue weighted by molar-refractivity contribution is -0.163. The molecule has 2 aliphatic heterocycles. The van der Waals surface area contributed by atoms with Crippen LogP contribution >= 0.6 is 0 Å². The average Bonchev–Trinajstić information content (AvgIpc) is 2.82. The Bertz CT molecular complexity index is 767. The molecule has 6 aliphatic rings. The molecule has 6 rings (SSSR count). The second-order valence-corrected chi connectivity index (χ2v) is 11.2. The maximum atomic E-state index is 13.4. The van der Waals surface area contributed by atoms with E-state index in [0.29, 0.717) is 38.4 Å². The van der Waals surface area contributed by atoms with Gasteiger partial charge < -0.3 is 30.3 Å². The number of nitrogens with one attached hydrogen (secondary N) is 2. The van der Waals surface area contributed by atoms with Crippen LogP contribution in [0.1, 0.15) is 57.8 Å². The molecule has 3 N–H and O–H groups in total. The highest BCUT2D eigenvalue weighted by molar-refractivity contribution is 5.83. The fourth-order valence-corrected chi connectivity index (χ4v) is 7.52. The van der Waals surface area contributed by atoms with Crippen LogP contribution in [0.4, 0.5) is 9.59 Å². The number of likely N-dealkylation sites (tertiary alicyclic amines) is 2. The number of nitrogens with zero attached hydrogens (tertiary/aromatic N) is 2. The normalized spacial score (nSPS) is 38.2. The molecule has 33 heavy (non-hydrogen) atoms. The highest BCUT2D eigenvalue weighted by Crippen LogP contribution is 2.60. The van der Waals surface area contributed by atoms with Gasteiger partial charge in [-0.15, -0.1) is 0 Å². The zero-order chi connectivity index (χ0) is 23.2. The molecular weight excluding hydrogens is 424 g/mol. The number of aliphatic hydroxyl groups is 1. The van der Waals surface area contributed by atoms with E-state index in [4.69, 9.17) is 0 Å². The van der Waals surface area contributed by atoms with E-state index in [1.54, 1.807) is 0 Å². The smallest absolute Gasteiger partial charge is 0.407 e. The van der Waals surface area contributed by atoms with Gasteiger partial charge in [-0.2, -0.15) is 0 Å². The lowest BCUT2D eigenvalue weighted by atomic mass is 9.48. The number of hydrogen-bond donors (Lipinski definition) is 3. The fourth-order valence-electron chi connectivity index (χ4n) is 7.52. The van der Waals surface area contributed by atoms with Crippen LogP contribution in [0.3, 0.4) is 0 Å². The van der Waals surface area contributed by atoms with Gasteiger partial charge in [0.05, 0.1) is 18.6 Å². The van der Waals surface area contributed by atoms with E-state index >= 15 is 0 Å². The Kier molecular flexibility index (Phi) is 6.18. The van der Waals surface area contributed by atoms with Crippen LogP contribution < -0.4 is 10.6 Å². The minimum atomic E-state index is -0.428. The summed E-state index contributed by atoms with van der Waals surface area (Å²) in [6.45, 7) is 2.49. The molecule has 0 aromatic rings. The maximum Gasteiger partial charge on any atom is 0.407 e. The molecule has 9 nitrogen and oxygen atoms in total. The standard InChI is InChI=1S/C24H38N4O5/c1-33-22(31)26-18-4-7-27(8-5-18)23(32)28-6-2-3-19(14-28)25-21(30)24-11-15-9-16(12-24)20(29)17(10-15)13-24/h15-20,29H,2-14H2,1H3,(H,25,30)(H,26,31)/t15?,16-,17?,19+,20?,24-/m1/s1. The van der Waals surface area contributed by atoms with Crippen LogP contribution in [0.2, 0.25) is 0 Å². The van der Waals surface area contributed by atoms with Crippen molar-refractivity contribution in [3.8, 4) is 0 Å². The number of hydrogen-bond acceptors (Lipinski definition) is 5. The number of alkyl carbamates (subject to hydrolysis) is 1. The minimum Gasteiger partial charge on any atom is -0.453 e. The van der Waals surface area contributed by atoms with E-state index in [2.05, 4.69) is 15.4 Å². The summed E-state index contributed by atoms with van der Waals surface area (Å²) in [7, 11) is 1.35. The molecule has 4 bridgehead atoms. The monoisotopic (exact) mass is 462 g/mol. The summed E-state index contributed by atoms with van der Waals surface area (Å²) in [5.74, 6) is 1.30. The van der Waals surface area contributed by atoms with Crippen molar-refractivity contribution < 1.29 is 24.2 Å². The Morgan fingerprint density at radius 2 is 1.61 bits per heavy atom. The Morgan fingerprint density at radius 3 is 2.27 bits per heavy atom. The van der Waals surface area contributed by atoms with E-state index < -0.39 is 6.09 Å². The zero-order valence-corrected chi connectivity index (χ0v) is 19.6. The van der Waals surface area contributed by atoms with Gasteiger partial charge in [0.15, 0.2) is 0 Å². The maximum absolute atomic E-state index is 13.4. The molecule has 4 saturated carbocycles. The summed E-state index contributed by atoms with van der Waals surface area (Å²) in [5.41, 5.74) is -0.309. The van der Waals surface area contributed by atoms with E-state index in [9.17, 15) is 19.5 Å². The fraction of sp³-hybridized carbons (Fsp3) is 0.875. The molecule has 0 radical (unpaired) electrons. The summed E-state index contributed by atoms with van der Waals surface area (Å²) in [5, 5.41) is 16.7. The summed E-state index contributed by atoms with van der Waals surface area (Å²) in [6, 6.07) is 0.0590. The highest BCUT2D eigenvalue weighted by Gasteiger charge is 2.58. The molecule has 4 amide bonds. The molecule has 0 spiro atoms. The number of urea groups is 1. The van der Waals surface area contributed by atoms with Gasteiger partial charge in [0.1, 0.15) is 0 Å². The molecule has 9 heteroatoms. The summed E-state index contributed by atoms with van der Waals surface area (Å²) in [6.07, 6.45) is 7.30. The quantitative estimate of drug-likeness (QED) is 0.591. The SMILES string of the molecule is COC(=O)NC1CCN(C(=O)N2CCC[C@H](NC(=O)[C@@]34CC5CC(C3)C(O)[C@H](C5)C4)C2)CC1. The van der Waals surface area contributed by atoms with Crippen molar-refractivity contribution in [2.45, 2.75) is 76.0 Å². The number of piperidine rings is 2. The van der Waals surface area contributed by atoms with Gasteiger partial charge in [-0.3, -0.25) is 4.79 Å². The largest absolute Gasteiger partial charge is 0.453 e. The molecule has 0 aromatic heterocycles. The van der Waals surface area contributed by atoms with Gasteiger partial charge in [-0.25, -0.2) is 9.59 Å². The summed E-state index contributed by atoms with van der Waals surface area (Å²) in [4.78, 5) is 41.7. The summed E-state index contributed by atoms with van der Waals surface area (Å²) < 4.78 is 4.66. The van der Waals surface area contributed by atoms with Crippen molar-refractivity contribution in [1.82, 2.24) is 20.4 Å². The topological polar surface area (TPSA) is 111 Å². The molecule has 3 unspecified atom stereocenters. The first kappa shape index (κ1) is 22.7. The van der Waals surface area contributed by atoms with Crippen molar-refractivity contribution in [3.05, 3.63) is 0 Å². The molecule has 2 heterocycles. The highest BCUT2D eigenvalue weighted by atomic mass is 16.5. The second-order valence-electron chi connectivity index (χ2n) is 11.2. The molecule has 2 saturated heterocycles. The molecule has 0 aromatic carbocycles. The van der Waals surface area contributed by atoms with Crippen molar-refractivity contribution in [2.75, 3.05) is 33.3 Å². The van der Waals surface area contributed by atoms with Crippen molar-refractivity contribution in [3.63, 3.8) is 0 Å². The first-order valence-corrected chi connectivity index (χ1v) is 12.7. The second kappa shape index (κ2) is 8.96. The number of carbonyl (C=O) groups excluding carboxylic acids is 3. The third-order valence-electron chi connectivity index (χ3n) is 9.01. The van der Waals surface area contributed by atoms with Gasteiger partial charge in [0.2, 0.25) is 5.91 Å². The van der Waals surface area contributed by atoms with Crippen LogP contribution in [0.5, 0.6) is 0 Å². The zero-order valence-electron chi connectivity index (χ0n) is 19.6. The minimum absolute atomic E-state index is 0.00772. The predicted octanol–water partition coefficient (Wildman–Crippen LogP) is 1.69. The van der Waals surface area contributed by atoms with Gasteiger partial charge in [-0.05, 0) is 75.5 Å². The number of rotatable bonds is 3. The number of ether oxygens (including phenoxy) is 1. The van der Waals surface area contributed by atoms with Gasteiger partial charge in [0.25, 0.3) is 0 Å². The first-order valence-electron chi connectivity index (χ1n) is 12.7. The number of methoxy groups -OCH3 is 1. The number of aliphatic hydroxyl groups excluding tert-OH is 1. The lowest BCUT2D eigenvalue weighted by Gasteiger charge is -2.58. The van der Waals surface area contributed by atoms with E-state index in [1.165, 1.54) is 7.11 Å². The molecule has 6 fully saturated rings. The summed E-state index contributed by atoms with van der Waals surface area (Å²) >= 11 is 0. The Balaban J connectivity index is 1.14. The van der Waals surface area contributed by atoms with E-state index in [0.717, 1.165) is 51.5 Å². The van der Waals surface area contributed by atoms with Crippen LogP contribution in [0.25, 0.3) is 0 Å². The third kappa shape index (κ3) is 4.40. The van der Waals surface area contributed by atoms with Crippen LogP contribution in [0, 0.1) is 23.2 Å². The van der Waals surface area contributed by atoms with E-state index in [1.807, 2.05) is 9.80 Å². The Labute approximate surface area is 195 Å². The molecular formula is C24H38N4O5. The van der Waals surface area contributed by atoms with E-state index in [-0.39, 0.29) is 47.4 Å². The molecule has 184 valence electrons. The molecule has 4 aliphatic carbocycles. The predicted molar refractivity (Wildman–Crippen MR) is 120 cm³/mol. The van der Waals surface area contributed by atoms with Crippen molar-refractivity contribution in [1.29, 1.82) is 0 Å². The lowest BCUT2D eigenvalue weighted by Crippen LogP contribution is -2.61. The van der Waals surface area contributed by atoms with Gasteiger partial charge in [-0.1, -0.05) is 0 Å². The van der Waals surface area contributed by atoms with Crippen LogP contribution in [-0.2, 0) is 9.53 Å². The number of carbonyl (C=O) groups is 3. The van der Waals surface area contributed by atoms with Crippen molar-refractivity contribution >= 4 is 18.0 Å². The van der Waals surface area contributed by atoms with Gasteiger partial charge in [0, 0.05) is 38.3 Å². The Morgan fingerprint density at radius 1 is 0.909 bits per heavy atom. The Hall–Kier alpha value is -2.03. The first-order chi connectivity index (χ1) is 15.9.